The fraction of sp³-hybridized carbons (Fsp3) is 0.333. The number of benzene rings is 1. The number of nitrogens with two attached hydrogens (primary N) is 1. The zero-order valence-corrected chi connectivity index (χ0v) is 11.8. The number of hydrogen-bond acceptors (Lipinski definition) is 4. The lowest BCUT2D eigenvalue weighted by molar-refractivity contribution is 0.402. The highest BCUT2D eigenvalue weighted by Gasteiger charge is 2.23. The van der Waals surface area contributed by atoms with Gasteiger partial charge in [-0.3, -0.25) is 0 Å². The lowest BCUT2D eigenvalue weighted by Crippen LogP contribution is -2.13. The fourth-order valence-corrected chi connectivity index (χ4v) is 1.82. The molecule has 0 radical (unpaired) electrons. The molecular formula is C12H13Cl2N3O. The number of nitrogen functional groups attached to an aromatic ring is 1. The van der Waals surface area contributed by atoms with E-state index in [1.807, 2.05) is 20.8 Å². The van der Waals surface area contributed by atoms with E-state index in [1.54, 1.807) is 12.1 Å². The first-order valence-corrected chi connectivity index (χ1v) is 6.14. The van der Waals surface area contributed by atoms with Gasteiger partial charge in [-0.15, -0.1) is 0 Å². The van der Waals surface area contributed by atoms with E-state index < -0.39 is 0 Å². The Morgan fingerprint density at radius 2 is 1.78 bits per heavy atom. The SMILES string of the molecule is CC(C)(C)c1noc(-c2c(Cl)ccc(Cl)c2N)n1. The van der Waals surface area contributed by atoms with E-state index in [0.717, 1.165) is 0 Å². The molecule has 0 saturated heterocycles. The minimum absolute atomic E-state index is 0.207. The van der Waals surface area contributed by atoms with Gasteiger partial charge in [0.25, 0.3) is 5.89 Å². The van der Waals surface area contributed by atoms with Crippen LogP contribution < -0.4 is 5.73 Å². The Labute approximate surface area is 115 Å². The summed E-state index contributed by atoms with van der Waals surface area (Å²) in [5, 5.41) is 4.77. The highest BCUT2D eigenvalue weighted by atomic mass is 35.5. The largest absolute Gasteiger partial charge is 0.397 e. The van der Waals surface area contributed by atoms with Crippen LogP contribution in [0.3, 0.4) is 0 Å². The molecule has 1 aromatic carbocycles. The Balaban J connectivity index is 2.57. The van der Waals surface area contributed by atoms with Gasteiger partial charge in [-0.2, -0.15) is 4.98 Å². The highest BCUT2D eigenvalue weighted by Crippen LogP contribution is 2.37. The van der Waals surface area contributed by atoms with E-state index >= 15 is 0 Å². The second-order valence-electron chi connectivity index (χ2n) is 4.99. The molecule has 6 heteroatoms. The summed E-state index contributed by atoms with van der Waals surface area (Å²) in [6.07, 6.45) is 0. The smallest absolute Gasteiger partial charge is 0.261 e. The molecule has 0 fully saturated rings. The maximum atomic E-state index is 6.09. The first-order chi connectivity index (χ1) is 8.30. The Bertz CT molecular complexity index is 587. The van der Waals surface area contributed by atoms with Crippen molar-refractivity contribution in [3.63, 3.8) is 0 Å². The molecule has 0 aliphatic heterocycles. The first kappa shape index (κ1) is 13.2. The summed E-state index contributed by atoms with van der Waals surface area (Å²) in [6, 6.07) is 3.28. The van der Waals surface area contributed by atoms with Crippen LogP contribution in [0.2, 0.25) is 10.0 Å². The number of rotatable bonds is 1. The molecule has 2 N–H and O–H groups in total. The van der Waals surface area contributed by atoms with Gasteiger partial charge < -0.3 is 10.3 Å². The van der Waals surface area contributed by atoms with Crippen LogP contribution in [0.5, 0.6) is 0 Å². The van der Waals surface area contributed by atoms with Crippen LogP contribution in [-0.4, -0.2) is 10.1 Å². The molecule has 2 rings (SSSR count). The summed E-state index contributed by atoms with van der Waals surface area (Å²) < 4.78 is 5.21. The topological polar surface area (TPSA) is 64.9 Å². The number of halogens is 2. The van der Waals surface area contributed by atoms with Crippen molar-refractivity contribution in [3.8, 4) is 11.5 Å². The second kappa shape index (κ2) is 4.44. The molecular weight excluding hydrogens is 273 g/mol. The number of aromatic nitrogens is 2. The van der Waals surface area contributed by atoms with Gasteiger partial charge in [0.05, 0.1) is 21.3 Å². The van der Waals surface area contributed by atoms with Crippen LogP contribution in [-0.2, 0) is 5.41 Å². The molecule has 0 spiro atoms. The molecule has 2 aromatic rings. The average molecular weight is 286 g/mol. The standard InChI is InChI=1S/C12H13Cl2N3O/c1-12(2,3)11-16-10(18-17-11)8-6(13)4-5-7(14)9(8)15/h4-5H,15H2,1-3H3. The number of hydrogen-bond donors (Lipinski definition) is 1. The van der Waals surface area contributed by atoms with Gasteiger partial charge in [0.1, 0.15) is 0 Å². The van der Waals surface area contributed by atoms with Gasteiger partial charge in [0.15, 0.2) is 5.82 Å². The normalized spacial score (nSPS) is 11.8. The summed E-state index contributed by atoms with van der Waals surface area (Å²) in [6.45, 7) is 5.97. The van der Waals surface area contributed by atoms with Gasteiger partial charge in [-0.05, 0) is 12.1 Å². The van der Waals surface area contributed by atoms with E-state index in [9.17, 15) is 0 Å². The first-order valence-electron chi connectivity index (χ1n) is 5.38. The predicted molar refractivity (Wildman–Crippen MR) is 72.9 cm³/mol. The lowest BCUT2D eigenvalue weighted by Gasteiger charge is -2.11. The van der Waals surface area contributed by atoms with E-state index in [1.165, 1.54) is 0 Å². The molecule has 0 aliphatic rings. The quantitative estimate of drug-likeness (QED) is 0.807. The molecule has 96 valence electrons. The zero-order chi connectivity index (χ0) is 13.5. The summed E-state index contributed by atoms with van der Waals surface area (Å²) in [7, 11) is 0. The van der Waals surface area contributed by atoms with Crippen molar-refractivity contribution in [3.05, 3.63) is 28.0 Å². The Morgan fingerprint density at radius 1 is 1.17 bits per heavy atom. The molecule has 1 aromatic heterocycles. The van der Waals surface area contributed by atoms with Crippen LogP contribution in [0.15, 0.2) is 16.7 Å². The van der Waals surface area contributed by atoms with E-state index in [2.05, 4.69) is 10.1 Å². The van der Waals surface area contributed by atoms with Crippen LogP contribution >= 0.6 is 23.2 Å². The Hall–Kier alpha value is -1.26. The van der Waals surface area contributed by atoms with Gasteiger partial charge in [0.2, 0.25) is 0 Å². The van der Waals surface area contributed by atoms with Crippen molar-refractivity contribution in [1.82, 2.24) is 10.1 Å². The van der Waals surface area contributed by atoms with E-state index in [-0.39, 0.29) is 11.3 Å². The predicted octanol–water partition coefficient (Wildman–Crippen LogP) is 3.92. The highest BCUT2D eigenvalue weighted by molar-refractivity contribution is 6.37. The monoisotopic (exact) mass is 285 g/mol. The third kappa shape index (κ3) is 2.31. The maximum absolute atomic E-state index is 6.09. The lowest BCUT2D eigenvalue weighted by atomic mass is 9.96. The van der Waals surface area contributed by atoms with Crippen molar-refractivity contribution in [1.29, 1.82) is 0 Å². The van der Waals surface area contributed by atoms with Gasteiger partial charge in [-0.1, -0.05) is 49.1 Å². The molecule has 0 atom stereocenters. The molecule has 4 nitrogen and oxygen atoms in total. The fourth-order valence-electron chi connectivity index (χ4n) is 1.41. The Kier molecular flexibility index (Phi) is 3.25. The summed E-state index contributed by atoms with van der Waals surface area (Å²) in [5.41, 5.74) is 6.50. The van der Waals surface area contributed by atoms with Crippen LogP contribution in [0.4, 0.5) is 5.69 Å². The van der Waals surface area contributed by atoms with Crippen molar-refractivity contribution < 1.29 is 4.52 Å². The van der Waals surface area contributed by atoms with Gasteiger partial charge in [0, 0.05) is 5.41 Å². The van der Waals surface area contributed by atoms with Crippen molar-refractivity contribution in [2.45, 2.75) is 26.2 Å². The van der Waals surface area contributed by atoms with Crippen molar-refractivity contribution >= 4 is 28.9 Å². The van der Waals surface area contributed by atoms with Gasteiger partial charge >= 0.3 is 0 Å². The van der Waals surface area contributed by atoms with Crippen LogP contribution in [0.25, 0.3) is 11.5 Å². The minimum atomic E-state index is -0.207. The van der Waals surface area contributed by atoms with E-state index in [0.29, 0.717) is 27.1 Å². The van der Waals surface area contributed by atoms with Crippen molar-refractivity contribution in [2.75, 3.05) is 5.73 Å². The summed E-state index contributed by atoms with van der Waals surface area (Å²) in [4.78, 5) is 4.31. The maximum Gasteiger partial charge on any atom is 0.261 e. The zero-order valence-electron chi connectivity index (χ0n) is 10.3. The molecule has 0 aliphatic carbocycles. The van der Waals surface area contributed by atoms with Gasteiger partial charge in [-0.25, -0.2) is 0 Å². The second-order valence-corrected chi connectivity index (χ2v) is 5.81. The number of anilines is 1. The van der Waals surface area contributed by atoms with Crippen LogP contribution in [0.1, 0.15) is 26.6 Å². The molecule has 18 heavy (non-hydrogen) atoms. The minimum Gasteiger partial charge on any atom is -0.397 e. The summed E-state index contributed by atoms with van der Waals surface area (Å²) >= 11 is 12.1. The third-order valence-electron chi connectivity index (χ3n) is 2.45. The number of nitrogens with zero attached hydrogens (tertiary/aromatic N) is 2. The molecule has 0 bridgehead atoms. The molecule has 0 unspecified atom stereocenters. The van der Waals surface area contributed by atoms with Crippen molar-refractivity contribution in [2.24, 2.45) is 0 Å². The molecule has 1 heterocycles. The average Bonchev–Trinajstić information content (AvgIpc) is 2.73. The summed E-state index contributed by atoms with van der Waals surface area (Å²) in [5.74, 6) is 0.873. The van der Waals surface area contributed by atoms with E-state index in [4.69, 9.17) is 33.5 Å². The third-order valence-corrected chi connectivity index (χ3v) is 3.10. The van der Waals surface area contributed by atoms with Crippen LogP contribution in [0, 0.1) is 0 Å². The molecule has 0 saturated carbocycles. The molecule has 0 amide bonds. The Morgan fingerprint density at radius 3 is 2.33 bits per heavy atom.